The van der Waals surface area contributed by atoms with Crippen molar-refractivity contribution in [2.45, 2.75) is 57.2 Å². The van der Waals surface area contributed by atoms with Crippen LogP contribution in [0.4, 0.5) is 4.79 Å². The summed E-state index contributed by atoms with van der Waals surface area (Å²) in [5, 5.41) is 0. The molecule has 2 rings (SSSR count). The maximum absolute atomic E-state index is 13.0. The lowest BCUT2D eigenvalue weighted by molar-refractivity contribution is -0.143. The lowest BCUT2D eigenvalue weighted by atomic mass is 9.68. The Morgan fingerprint density at radius 2 is 1.57 bits per heavy atom. The number of likely N-dealkylation sites (N-methyl/N-ethyl adjacent to an activating group) is 1. The first-order valence-corrected chi connectivity index (χ1v) is 7.44. The minimum atomic E-state index is -0.737. The molecule has 0 aliphatic carbocycles. The second kappa shape index (κ2) is 4.57. The maximum atomic E-state index is 13.0. The van der Waals surface area contributed by atoms with E-state index in [9.17, 15) is 9.59 Å². The fraction of sp³-hybridized carbons (Fsp3) is 0.750. The quantitative estimate of drug-likeness (QED) is 0.578. The van der Waals surface area contributed by atoms with Crippen LogP contribution in [-0.4, -0.2) is 63.9 Å². The number of likely N-dealkylation sites (tertiary alicyclic amines) is 1. The third-order valence-corrected chi connectivity index (χ3v) is 5.38. The molecule has 0 bridgehead atoms. The number of amides is 3. The molecule has 21 heavy (non-hydrogen) atoms. The molecule has 0 aromatic rings. The lowest BCUT2D eigenvalue weighted by Crippen LogP contribution is -2.68. The summed E-state index contributed by atoms with van der Waals surface area (Å²) < 4.78 is 0. The van der Waals surface area contributed by atoms with Gasteiger partial charge in [0.25, 0.3) is 5.91 Å². The van der Waals surface area contributed by atoms with E-state index in [2.05, 4.69) is 46.2 Å². The van der Waals surface area contributed by atoms with E-state index in [0.29, 0.717) is 12.8 Å². The Morgan fingerprint density at radius 3 is 2.00 bits per heavy atom. The molecule has 2 aliphatic rings. The van der Waals surface area contributed by atoms with Gasteiger partial charge in [0.1, 0.15) is 5.54 Å². The molecule has 0 radical (unpaired) electrons. The van der Waals surface area contributed by atoms with E-state index in [1.807, 2.05) is 0 Å². The molecule has 2 heterocycles. The minimum Gasteiger partial charge on any atom is -0.312 e. The van der Waals surface area contributed by atoms with Crippen LogP contribution in [-0.2, 0) is 4.79 Å². The summed E-state index contributed by atoms with van der Waals surface area (Å²) in [4.78, 5) is 30.7. The molecule has 2 saturated heterocycles. The third-order valence-electron chi connectivity index (χ3n) is 5.38. The predicted octanol–water partition coefficient (Wildman–Crippen LogP) is 2.09. The van der Waals surface area contributed by atoms with Crippen LogP contribution in [0.1, 0.15) is 40.5 Å². The molecule has 3 amide bonds. The van der Waals surface area contributed by atoms with Crippen molar-refractivity contribution in [3.63, 3.8) is 0 Å². The number of hydrogen-bond acceptors (Lipinski definition) is 3. The summed E-state index contributed by atoms with van der Waals surface area (Å²) in [5.74, 6) is -0.0795. The zero-order valence-electron chi connectivity index (χ0n) is 14.1. The molecule has 0 N–H and O–H groups in total. The van der Waals surface area contributed by atoms with E-state index in [4.69, 9.17) is 0 Å². The Morgan fingerprint density at radius 1 is 1.10 bits per heavy atom. The number of nitrogens with zero attached hydrogens (tertiary/aromatic N) is 3. The number of rotatable bonds is 2. The number of imide groups is 1. The van der Waals surface area contributed by atoms with Crippen molar-refractivity contribution in [3.8, 4) is 0 Å². The molecule has 2 fully saturated rings. The van der Waals surface area contributed by atoms with E-state index in [-0.39, 0.29) is 29.6 Å². The smallest absolute Gasteiger partial charge is 0.312 e. The van der Waals surface area contributed by atoms with Crippen molar-refractivity contribution >= 4 is 11.9 Å². The Balaban J connectivity index is 2.49. The van der Waals surface area contributed by atoms with Crippen LogP contribution in [0.15, 0.2) is 12.7 Å². The van der Waals surface area contributed by atoms with Crippen LogP contribution in [0.3, 0.4) is 0 Å². The summed E-state index contributed by atoms with van der Waals surface area (Å²) in [5.41, 5.74) is -1.05. The van der Waals surface area contributed by atoms with Gasteiger partial charge in [-0.15, -0.1) is 6.58 Å². The summed E-state index contributed by atoms with van der Waals surface area (Å²) in [6.45, 7) is 12.5. The summed E-state index contributed by atoms with van der Waals surface area (Å²) in [6, 6.07) is -0.212. The molecule has 5 nitrogen and oxygen atoms in total. The van der Waals surface area contributed by atoms with Gasteiger partial charge < -0.3 is 4.90 Å². The van der Waals surface area contributed by atoms with Crippen LogP contribution in [0, 0.1) is 0 Å². The van der Waals surface area contributed by atoms with Crippen molar-refractivity contribution in [2.24, 2.45) is 0 Å². The Kier molecular flexibility index (Phi) is 3.48. The maximum Gasteiger partial charge on any atom is 0.327 e. The van der Waals surface area contributed by atoms with Gasteiger partial charge in [0.15, 0.2) is 0 Å². The molecule has 1 spiro atoms. The highest BCUT2D eigenvalue weighted by molar-refractivity contribution is 6.07. The van der Waals surface area contributed by atoms with Gasteiger partial charge in [0.2, 0.25) is 0 Å². The van der Waals surface area contributed by atoms with E-state index >= 15 is 0 Å². The van der Waals surface area contributed by atoms with E-state index in [1.165, 1.54) is 4.90 Å². The number of urea groups is 1. The summed E-state index contributed by atoms with van der Waals surface area (Å²) in [6.07, 6.45) is 2.90. The minimum absolute atomic E-state index is 0.0795. The molecule has 118 valence electrons. The first-order chi connectivity index (χ1) is 9.49. The topological polar surface area (TPSA) is 43.9 Å². The molecular weight excluding hydrogens is 266 g/mol. The van der Waals surface area contributed by atoms with Crippen molar-refractivity contribution in [1.29, 1.82) is 0 Å². The highest BCUT2D eigenvalue weighted by Gasteiger charge is 2.62. The largest absolute Gasteiger partial charge is 0.327 e. The van der Waals surface area contributed by atoms with Crippen molar-refractivity contribution in [2.75, 3.05) is 20.6 Å². The van der Waals surface area contributed by atoms with Crippen LogP contribution < -0.4 is 0 Å². The average Bonchev–Trinajstić information content (AvgIpc) is 2.52. The van der Waals surface area contributed by atoms with Gasteiger partial charge in [0.05, 0.1) is 0 Å². The lowest BCUT2D eigenvalue weighted by Gasteiger charge is -2.57. The van der Waals surface area contributed by atoms with E-state index in [0.717, 1.165) is 0 Å². The van der Waals surface area contributed by atoms with Crippen LogP contribution in [0.5, 0.6) is 0 Å². The summed E-state index contributed by atoms with van der Waals surface area (Å²) >= 11 is 0. The summed E-state index contributed by atoms with van der Waals surface area (Å²) in [7, 11) is 3.84. The molecule has 0 aromatic carbocycles. The fourth-order valence-corrected chi connectivity index (χ4v) is 4.07. The van der Waals surface area contributed by atoms with Gasteiger partial charge in [-0.2, -0.15) is 0 Å². The van der Waals surface area contributed by atoms with Crippen LogP contribution >= 0.6 is 0 Å². The van der Waals surface area contributed by atoms with Gasteiger partial charge in [-0.25, -0.2) is 4.79 Å². The fourth-order valence-electron chi connectivity index (χ4n) is 4.07. The highest BCUT2D eigenvalue weighted by atomic mass is 16.2. The molecule has 5 heteroatoms. The van der Waals surface area contributed by atoms with E-state index in [1.54, 1.807) is 18.0 Å². The van der Waals surface area contributed by atoms with Crippen LogP contribution in [0.25, 0.3) is 0 Å². The number of piperidine rings is 1. The van der Waals surface area contributed by atoms with Gasteiger partial charge in [-0.05, 0) is 47.6 Å². The van der Waals surface area contributed by atoms with Gasteiger partial charge in [0, 0.05) is 24.7 Å². The van der Waals surface area contributed by atoms with E-state index < -0.39 is 5.54 Å². The van der Waals surface area contributed by atoms with Crippen molar-refractivity contribution < 1.29 is 9.59 Å². The van der Waals surface area contributed by atoms with Gasteiger partial charge in [-0.1, -0.05) is 6.08 Å². The first-order valence-electron chi connectivity index (χ1n) is 7.44. The number of hydrogen-bond donors (Lipinski definition) is 0. The normalized spacial score (nSPS) is 27.5. The molecule has 2 aliphatic heterocycles. The number of carbonyl (C=O) groups excluding carboxylic acids is 2. The molecular formula is C16H27N3O2. The second-order valence-electron chi connectivity index (χ2n) is 7.62. The van der Waals surface area contributed by atoms with Crippen molar-refractivity contribution in [1.82, 2.24) is 14.7 Å². The molecule has 0 unspecified atom stereocenters. The van der Waals surface area contributed by atoms with Gasteiger partial charge in [-0.3, -0.25) is 14.6 Å². The highest BCUT2D eigenvalue weighted by Crippen LogP contribution is 2.48. The monoisotopic (exact) mass is 293 g/mol. The first kappa shape index (κ1) is 16.0. The van der Waals surface area contributed by atoms with Crippen LogP contribution in [0.2, 0.25) is 0 Å². The Hall–Kier alpha value is -1.36. The Labute approximate surface area is 127 Å². The number of carbonyl (C=O) groups is 2. The standard InChI is InChI=1S/C16H27N3O2/c1-8-9-19-12(20)16(17(6)13(19)21)10-14(2,3)18(7)15(4,5)11-16/h8H,1,9-11H2,2-7H3. The van der Waals surface area contributed by atoms with Gasteiger partial charge >= 0.3 is 6.03 Å². The zero-order valence-corrected chi connectivity index (χ0v) is 14.1. The predicted molar refractivity (Wildman–Crippen MR) is 83.0 cm³/mol. The molecule has 0 aromatic heterocycles. The zero-order chi connectivity index (χ0) is 16.2. The second-order valence-corrected chi connectivity index (χ2v) is 7.62. The SMILES string of the molecule is C=CCN1C(=O)N(C)C2(CC(C)(C)N(C)C(C)(C)C2)C1=O. The molecule has 0 atom stereocenters. The third kappa shape index (κ3) is 2.09. The van der Waals surface area contributed by atoms with Crippen molar-refractivity contribution in [3.05, 3.63) is 12.7 Å². The molecule has 0 saturated carbocycles. The Bertz CT molecular complexity index is 478. The average molecular weight is 293 g/mol.